The molecule has 3 rings (SSSR count). The zero-order valence-electron chi connectivity index (χ0n) is 11.3. The van der Waals surface area contributed by atoms with Crippen LogP contribution in [0.1, 0.15) is 61.7 Å². The van der Waals surface area contributed by atoms with Crippen LogP contribution in [0.3, 0.4) is 0 Å². The summed E-state index contributed by atoms with van der Waals surface area (Å²) in [4.78, 5) is 9.42. The lowest BCUT2D eigenvalue weighted by Crippen LogP contribution is -2.36. The van der Waals surface area contributed by atoms with E-state index in [4.69, 9.17) is 4.98 Å². The van der Waals surface area contributed by atoms with Crippen LogP contribution >= 0.6 is 0 Å². The van der Waals surface area contributed by atoms with Crippen molar-refractivity contribution in [3.63, 3.8) is 0 Å². The van der Waals surface area contributed by atoms with Crippen LogP contribution in [0.2, 0.25) is 0 Å². The summed E-state index contributed by atoms with van der Waals surface area (Å²) >= 11 is 0. The van der Waals surface area contributed by atoms with Crippen molar-refractivity contribution in [2.24, 2.45) is 0 Å². The molecule has 1 atom stereocenters. The number of aromatic nitrogens is 2. The van der Waals surface area contributed by atoms with Gasteiger partial charge in [0.05, 0.1) is 0 Å². The molecule has 18 heavy (non-hydrogen) atoms. The molecule has 1 aliphatic carbocycles. The Hall–Kier alpha value is -0.960. The molecule has 0 radical (unpaired) electrons. The zero-order valence-corrected chi connectivity index (χ0v) is 11.3. The van der Waals surface area contributed by atoms with E-state index in [0.29, 0.717) is 12.0 Å². The van der Waals surface area contributed by atoms with Gasteiger partial charge >= 0.3 is 0 Å². The van der Waals surface area contributed by atoms with Gasteiger partial charge in [-0.05, 0) is 45.2 Å². The lowest BCUT2D eigenvalue weighted by atomic mass is 9.82. The highest BCUT2D eigenvalue weighted by atomic mass is 15.0. The van der Waals surface area contributed by atoms with E-state index in [0.717, 1.165) is 24.5 Å². The van der Waals surface area contributed by atoms with Gasteiger partial charge in [0.25, 0.3) is 0 Å². The maximum absolute atomic E-state index is 4.80. The zero-order chi connectivity index (χ0) is 12.4. The Labute approximate surface area is 109 Å². The van der Waals surface area contributed by atoms with Crippen molar-refractivity contribution in [3.05, 3.63) is 23.3 Å². The minimum absolute atomic E-state index is 0.592. The number of hydrogen-bond acceptors (Lipinski definition) is 3. The van der Waals surface area contributed by atoms with Crippen molar-refractivity contribution in [3.8, 4) is 0 Å². The van der Waals surface area contributed by atoms with Crippen LogP contribution in [0, 0.1) is 6.92 Å². The van der Waals surface area contributed by atoms with E-state index in [9.17, 15) is 0 Å². The molecule has 0 spiro atoms. The third-order valence-electron chi connectivity index (χ3n) is 4.29. The van der Waals surface area contributed by atoms with Crippen LogP contribution in [0.15, 0.2) is 6.07 Å². The van der Waals surface area contributed by atoms with Crippen molar-refractivity contribution < 1.29 is 0 Å². The number of nitrogens with one attached hydrogen (secondary N) is 1. The summed E-state index contributed by atoms with van der Waals surface area (Å²) in [5, 5.41) is 3.58. The van der Waals surface area contributed by atoms with Gasteiger partial charge in [0.1, 0.15) is 5.82 Å². The maximum Gasteiger partial charge on any atom is 0.130 e. The first-order valence-electron chi connectivity index (χ1n) is 7.39. The van der Waals surface area contributed by atoms with E-state index < -0.39 is 0 Å². The molecule has 0 bridgehead atoms. The largest absolute Gasteiger partial charge is 0.314 e. The average Bonchev–Trinajstić information content (AvgIpc) is 2.27. The molecule has 3 heteroatoms. The fourth-order valence-electron chi connectivity index (χ4n) is 2.98. The Morgan fingerprint density at radius 3 is 2.72 bits per heavy atom. The molecule has 1 aromatic heterocycles. The molecule has 1 aliphatic heterocycles. The molecule has 2 aliphatic rings. The van der Waals surface area contributed by atoms with Gasteiger partial charge < -0.3 is 5.32 Å². The molecule has 1 saturated heterocycles. The minimum Gasteiger partial charge on any atom is -0.314 e. The second-order valence-corrected chi connectivity index (χ2v) is 5.83. The van der Waals surface area contributed by atoms with Crippen LogP contribution in [0.5, 0.6) is 0 Å². The van der Waals surface area contributed by atoms with E-state index in [1.807, 2.05) is 0 Å². The van der Waals surface area contributed by atoms with E-state index >= 15 is 0 Å². The maximum atomic E-state index is 4.80. The third kappa shape index (κ3) is 2.72. The molecule has 2 fully saturated rings. The summed E-state index contributed by atoms with van der Waals surface area (Å²) in [6.07, 6.45) is 8.94. The standard InChI is InChI=1S/C15H23N3/c1-11-9-14(12-5-4-6-12)18-15(17-11)10-13-7-2-3-8-16-13/h9,12-13,16H,2-8,10H2,1H3. The number of nitrogens with zero attached hydrogens (tertiary/aromatic N) is 2. The lowest BCUT2D eigenvalue weighted by Gasteiger charge is -2.26. The van der Waals surface area contributed by atoms with Gasteiger partial charge in [0.15, 0.2) is 0 Å². The quantitative estimate of drug-likeness (QED) is 0.889. The molecule has 0 aromatic carbocycles. The highest BCUT2D eigenvalue weighted by Gasteiger charge is 2.22. The van der Waals surface area contributed by atoms with E-state index in [-0.39, 0.29) is 0 Å². The van der Waals surface area contributed by atoms with E-state index in [1.54, 1.807) is 0 Å². The Bertz CT molecular complexity index is 406. The highest BCUT2D eigenvalue weighted by molar-refractivity contribution is 5.16. The summed E-state index contributed by atoms with van der Waals surface area (Å²) in [5.74, 6) is 1.76. The number of piperidine rings is 1. The van der Waals surface area contributed by atoms with Crippen LogP contribution in [0.25, 0.3) is 0 Å². The second-order valence-electron chi connectivity index (χ2n) is 5.83. The SMILES string of the molecule is Cc1cc(C2CCC2)nc(CC2CCCCN2)n1. The predicted molar refractivity (Wildman–Crippen MR) is 72.7 cm³/mol. The van der Waals surface area contributed by atoms with Crippen LogP contribution < -0.4 is 5.32 Å². The highest BCUT2D eigenvalue weighted by Crippen LogP contribution is 2.35. The molecule has 1 saturated carbocycles. The Morgan fingerprint density at radius 1 is 1.17 bits per heavy atom. The third-order valence-corrected chi connectivity index (χ3v) is 4.29. The van der Waals surface area contributed by atoms with Crippen LogP contribution in [-0.4, -0.2) is 22.6 Å². The van der Waals surface area contributed by atoms with Crippen molar-refractivity contribution in [2.45, 2.75) is 63.8 Å². The van der Waals surface area contributed by atoms with Crippen molar-refractivity contribution in [1.29, 1.82) is 0 Å². The van der Waals surface area contributed by atoms with Gasteiger partial charge in [-0.25, -0.2) is 9.97 Å². The summed E-state index contributed by atoms with van der Waals surface area (Å²) < 4.78 is 0. The number of aryl methyl sites for hydroxylation is 1. The fourth-order valence-corrected chi connectivity index (χ4v) is 2.98. The molecule has 0 amide bonds. The lowest BCUT2D eigenvalue weighted by molar-refractivity contribution is 0.388. The Morgan fingerprint density at radius 2 is 2.06 bits per heavy atom. The molecular weight excluding hydrogens is 222 g/mol. The average molecular weight is 245 g/mol. The normalized spacial score (nSPS) is 24.8. The topological polar surface area (TPSA) is 37.8 Å². The van der Waals surface area contributed by atoms with Gasteiger partial charge in [0, 0.05) is 29.8 Å². The summed E-state index contributed by atoms with van der Waals surface area (Å²) in [6.45, 7) is 3.26. The Balaban J connectivity index is 1.71. The minimum atomic E-state index is 0.592. The van der Waals surface area contributed by atoms with E-state index in [1.165, 1.54) is 44.2 Å². The van der Waals surface area contributed by atoms with Gasteiger partial charge in [-0.2, -0.15) is 0 Å². The molecule has 2 heterocycles. The molecule has 1 aromatic rings. The summed E-state index contributed by atoms with van der Waals surface area (Å²) in [6, 6.07) is 2.77. The number of rotatable bonds is 3. The second kappa shape index (κ2) is 5.35. The molecule has 1 unspecified atom stereocenters. The van der Waals surface area contributed by atoms with Gasteiger partial charge in [0.2, 0.25) is 0 Å². The number of hydrogen-bond donors (Lipinski definition) is 1. The molecular formula is C15H23N3. The smallest absolute Gasteiger partial charge is 0.130 e. The molecule has 3 nitrogen and oxygen atoms in total. The van der Waals surface area contributed by atoms with Crippen molar-refractivity contribution in [1.82, 2.24) is 15.3 Å². The molecule has 1 N–H and O–H groups in total. The van der Waals surface area contributed by atoms with Gasteiger partial charge in [-0.3, -0.25) is 0 Å². The van der Waals surface area contributed by atoms with Gasteiger partial charge in [-0.15, -0.1) is 0 Å². The monoisotopic (exact) mass is 245 g/mol. The summed E-state index contributed by atoms with van der Waals surface area (Å²) in [7, 11) is 0. The first-order chi connectivity index (χ1) is 8.81. The van der Waals surface area contributed by atoms with Crippen LogP contribution in [0.4, 0.5) is 0 Å². The predicted octanol–water partition coefficient (Wildman–Crippen LogP) is 2.74. The first-order valence-corrected chi connectivity index (χ1v) is 7.39. The van der Waals surface area contributed by atoms with Crippen LogP contribution in [-0.2, 0) is 6.42 Å². The Kier molecular flexibility index (Phi) is 3.59. The molecule has 98 valence electrons. The fraction of sp³-hybridized carbons (Fsp3) is 0.733. The van der Waals surface area contributed by atoms with Crippen molar-refractivity contribution in [2.75, 3.05) is 6.54 Å². The summed E-state index contributed by atoms with van der Waals surface area (Å²) in [5.41, 5.74) is 2.43. The van der Waals surface area contributed by atoms with E-state index in [2.05, 4.69) is 23.3 Å². The van der Waals surface area contributed by atoms with Gasteiger partial charge in [-0.1, -0.05) is 12.8 Å². The van der Waals surface area contributed by atoms with Crippen molar-refractivity contribution >= 4 is 0 Å². The first kappa shape index (κ1) is 12.1.